The first-order valence-corrected chi connectivity index (χ1v) is 12.8. The molecule has 1 aliphatic rings. The van der Waals surface area contributed by atoms with Crippen LogP contribution in [0, 0.1) is 0 Å². The molecule has 0 fully saturated rings. The Balaban J connectivity index is 1.56. The molecule has 1 aliphatic heterocycles. The van der Waals surface area contributed by atoms with Gasteiger partial charge in [-0.25, -0.2) is 4.79 Å². The molecule has 0 saturated heterocycles. The summed E-state index contributed by atoms with van der Waals surface area (Å²) in [6, 6.07) is 23.6. The number of benzene rings is 3. The molecule has 6 nitrogen and oxygen atoms in total. The number of anilines is 3. The van der Waals surface area contributed by atoms with Crippen LogP contribution in [0.4, 0.5) is 17.1 Å². The largest absolute Gasteiger partial charge is 0.466 e. The van der Waals surface area contributed by atoms with Crippen molar-refractivity contribution in [1.82, 2.24) is 4.90 Å². The first-order chi connectivity index (χ1) is 18.0. The highest BCUT2D eigenvalue weighted by Crippen LogP contribution is 2.42. The standard InChI is InChI=1S/C30H32ClN3O3/c1-32(19-10-15-29(35)37-2)18-8-9-20-33-26-13-6-7-14-27(26)34(22-23-11-4-3-5-12-23)30(36)25-17-16-24(31)21-28(25)33/h3-7,10-17,21H,8-9,18-20,22H2,1-2H3/b15-10+. The highest BCUT2D eigenvalue weighted by atomic mass is 35.5. The van der Waals surface area contributed by atoms with E-state index in [0.29, 0.717) is 23.7 Å². The van der Waals surface area contributed by atoms with Crippen LogP contribution in [0.2, 0.25) is 5.02 Å². The Hall–Kier alpha value is -3.61. The van der Waals surface area contributed by atoms with Gasteiger partial charge in [0.2, 0.25) is 0 Å². The van der Waals surface area contributed by atoms with Crippen LogP contribution in [0.15, 0.2) is 84.9 Å². The third-order valence-corrected chi connectivity index (χ3v) is 6.65. The number of methoxy groups -OCH3 is 1. The van der Waals surface area contributed by atoms with Gasteiger partial charge in [-0.15, -0.1) is 0 Å². The van der Waals surface area contributed by atoms with Crippen molar-refractivity contribution in [2.45, 2.75) is 19.4 Å². The summed E-state index contributed by atoms with van der Waals surface area (Å²) in [5.41, 5.74) is 4.41. The first-order valence-electron chi connectivity index (χ1n) is 12.4. The van der Waals surface area contributed by atoms with Crippen LogP contribution in [-0.2, 0) is 16.1 Å². The number of amides is 1. The van der Waals surface area contributed by atoms with Crippen LogP contribution in [0.3, 0.4) is 0 Å². The predicted octanol–water partition coefficient (Wildman–Crippen LogP) is 6.08. The third kappa shape index (κ3) is 6.59. The van der Waals surface area contributed by atoms with Crippen LogP contribution < -0.4 is 9.80 Å². The molecule has 3 aromatic rings. The number of esters is 1. The fourth-order valence-electron chi connectivity index (χ4n) is 4.52. The fraction of sp³-hybridized carbons (Fsp3) is 0.267. The van der Waals surface area contributed by atoms with E-state index in [9.17, 15) is 9.59 Å². The monoisotopic (exact) mass is 517 g/mol. The Labute approximate surface area is 223 Å². The molecule has 1 amide bonds. The summed E-state index contributed by atoms with van der Waals surface area (Å²) in [6.07, 6.45) is 5.13. The van der Waals surface area contributed by atoms with Crippen LogP contribution in [0.25, 0.3) is 0 Å². The zero-order chi connectivity index (χ0) is 26.2. The van der Waals surface area contributed by atoms with Gasteiger partial charge < -0.3 is 19.4 Å². The number of carbonyl (C=O) groups excluding carboxylic acids is 2. The van der Waals surface area contributed by atoms with E-state index < -0.39 is 0 Å². The second-order valence-electron chi connectivity index (χ2n) is 9.07. The molecule has 0 aliphatic carbocycles. The number of para-hydroxylation sites is 2. The molecule has 37 heavy (non-hydrogen) atoms. The molecule has 0 N–H and O–H groups in total. The van der Waals surface area contributed by atoms with Gasteiger partial charge in [0.05, 0.1) is 36.3 Å². The van der Waals surface area contributed by atoms with Gasteiger partial charge in [-0.2, -0.15) is 0 Å². The number of carbonyl (C=O) groups is 2. The minimum absolute atomic E-state index is 0.0393. The Morgan fingerprint density at radius 3 is 2.38 bits per heavy atom. The number of hydrogen-bond acceptors (Lipinski definition) is 5. The van der Waals surface area contributed by atoms with Crippen molar-refractivity contribution in [2.75, 3.05) is 43.6 Å². The summed E-state index contributed by atoms with van der Waals surface area (Å²) in [7, 11) is 3.40. The van der Waals surface area contributed by atoms with Crippen LogP contribution in [0.5, 0.6) is 0 Å². The van der Waals surface area contributed by atoms with Crippen molar-refractivity contribution >= 4 is 40.5 Å². The van der Waals surface area contributed by atoms with E-state index in [0.717, 1.165) is 48.6 Å². The number of likely N-dealkylation sites (N-methyl/N-ethyl adjacent to an activating group) is 1. The van der Waals surface area contributed by atoms with E-state index in [1.807, 2.05) is 78.7 Å². The van der Waals surface area contributed by atoms with Crippen molar-refractivity contribution in [3.8, 4) is 0 Å². The molecular weight excluding hydrogens is 486 g/mol. The molecule has 0 spiro atoms. The lowest BCUT2D eigenvalue weighted by molar-refractivity contribution is -0.134. The number of nitrogens with zero attached hydrogens (tertiary/aromatic N) is 3. The van der Waals surface area contributed by atoms with Gasteiger partial charge in [0, 0.05) is 24.2 Å². The molecule has 0 bridgehead atoms. The van der Waals surface area contributed by atoms with E-state index in [4.69, 9.17) is 11.6 Å². The molecule has 0 radical (unpaired) electrons. The topological polar surface area (TPSA) is 53.1 Å². The predicted molar refractivity (Wildman–Crippen MR) is 150 cm³/mol. The molecule has 0 aromatic heterocycles. The number of rotatable bonds is 10. The molecule has 0 atom stereocenters. The van der Waals surface area contributed by atoms with Crippen molar-refractivity contribution in [3.63, 3.8) is 0 Å². The Morgan fingerprint density at radius 1 is 0.946 bits per heavy atom. The molecule has 3 aromatic carbocycles. The summed E-state index contributed by atoms with van der Waals surface area (Å²) in [5, 5.41) is 0.600. The highest BCUT2D eigenvalue weighted by Gasteiger charge is 2.31. The summed E-state index contributed by atoms with van der Waals surface area (Å²) in [4.78, 5) is 31.4. The number of fused-ring (bicyclic) bond motifs is 2. The zero-order valence-corrected chi connectivity index (χ0v) is 22.0. The first kappa shape index (κ1) is 26.5. The average Bonchev–Trinajstić information content (AvgIpc) is 3.00. The molecule has 7 heteroatoms. The lowest BCUT2D eigenvalue weighted by Crippen LogP contribution is -2.29. The molecule has 192 valence electrons. The summed E-state index contributed by atoms with van der Waals surface area (Å²) in [5.74, 6) is -0.385. The van der Waals surface area contributed by atoms with Crippen LogP contribution in [-0.4, -0.2) is 50.6 Å². The fourth-order valence-corrected chi connectivity index (χ4v) is 4.68. The molecular formula is C30H32ClN3O3. The zero-order valence-electron chi connectivity index (χ0n) is 21.3. The minimum Gasteiger partial charge on any atom is -0.466 e. The Bertz CT molecular complexity index is 1260. The molecule has 0 saturated carbocycles. The maximum Gasteiger partial charge on any atom is 0.330 e. The van der Waals surface area contributed by atoms with E-state index in [-0.39, 0.29) is 11.9 Å². The summed E-state index contributed by atoms with van der Waals surface area (Å²) >= 11 is 6.42. The quantitative estimate of drug-likeness (QED) is 0.185. The van der Waals surface area contributed by atoms with E-state index in [1.165, 1.54) is 13.2 Å². The van der Waals surface area contributed by atoms with E-state index >= 15 is 0 Å². The number of unbranched alkanes of at least 4 members (excludes halogenated alkanes) is 1. The molecule has 4 rings (SSSR count). The summed E-state index contributed by atoms with van der Waals surface area (Å²) in [6.45, 7) is 2.77. The van der Waals surface area contributed by atoms with Crippen LogP contribution in [0.1, 0.15) is 28.8 Å². The maximum absolute atomic E-state index is 13.9. The van der Waals surface area contributed by atoms with Crippen LogP contribution >= 0.6 is 11.6 Å². The number of halogens is 1. The molecule has 0 unspecified atom stereocenters. The second-order valence-corrected chi connectivity index (χ2v) is 9.51. The van der Waals surface area contributed by atoms with Crippen molar-refractivity contribution in [2.24, 2.45) is 0 Å². The SMILES string of the molecule is COC(=O)/C=C/CN(C)CCCCN1c2cc(Cl)ccc2C(=O)N(Cc2ccccc2)c2ccccc21. The normalized spacial score (nSPS) is 13.0. The summed E-state index contributed by atoms with van der Waals surface area (Å²) < 4.78 is 4.64. The van der Waals surface area contributed by atoms with Gasteiger partial charge in [0.1, 0.15) is 0 Å². The van der Waals surface area contributed by atoms with E-state index in [2.05, 4.69) is 20.6 Å². The lowest BCUT2D eigenvalue weighted by Gasteiger charge is -2.28. The average molecular weight is 518 g/mol. The van der Waals surface area contributed by atoms with Gasteiger partial charge in [-0.3, -0.25) is 4.79 Å². The number of hydrogen-bond donors (Lipinski definition) is 0. The third-order valence-electron chi connectivity index (χ3n) is 6.42. The van der Waals surface area contributed by atoms with Gasteiger partial charge in [-0.05, 0) is 62.3 Å². The van der Waals surface area contributed by atoms with Gasteiger partial charge in [-0.1, -0.05) is 60.1 Å². The van der Waals surface area contributed by atoms with Gasteiger partial charge in [0.25, 0.3) is 5.91 Å². The maximum atomic E-state index is 13.9. The lowest BCUT2D eigenvalue weighted by atomic mass is 10.1. The van der Waals surface area contributed by atoms with Gasteiger partial charge >= 0.3 is 5.97 Å². The van der Waals surface area contributed by atoms with E-state index in [1.54, 1.807) is 6.07 Å². The second kappa shape index (κ2) is 12.6. The van der Waals surface area contributed by atoms with Crippen molar-refractivity contribution in [3.05, 3.63) is 101 Å². The van der Waals surface area contributed by atoms with Crippen molar-refractivity contribution < 1.29 is 14.3 Å². The Kier molecular flexibility index (Phi) is 8.99. The van der Waals surface area contributed by atoms with Crippen molar-refractivity contribution in [1.29, 1.82) is 0 Å². The number of ether oxygens (including phenoxy) is 1. The smallest absolute Gasteiger partial charge is 0.330 e. The molecule has 1 heterocycles. The Morgan fingerprint density at radius 2 is 1.65 bits per heavy atom. The minimum atomic E-state index is -0.346. The van der Waals surface area contributed by atoms with Gasteiger partial charge in [0.15, 0.2) is 0 Å². The highest BCUT2D eigenvalue weighted by molar-refractivity contribution is 6.31.